The highest BCUT2D eigenvalue weighted by Crippen LogP contribution is 2.25. The largest absolute Gasteiger partial charge is 0.328 e. The van der Waals surface area contributed by atoms with E-state index in [9.17, 15) is 4.79 Å². The van der Waals surface area contributed by atoms with Gasteiger partial charge in [-0.2, -0.15) is 0 Å². The highest BCUT2D eigenvalue weighted by atomic mass is 16.2. The van der Waals surface area contributed by atoms with Gasteiger partial charge in [0.15, 0.2) is 0 Å². The molecule has 2 amide bonds. The molecule has 1 fully saturated rings. The molecule has 0 radical (unpaired) electrons. The summed E-state index contributed by atoms with van der Waals surface area (Å²) in [6.45, 7) is 2.96. The molecule has 1 aliphatic carbocycles. The van der Waals surface area contributed by atoms with E-state index in [0.29, 0.717) is 5.92 Å². The van der Waals surface area contributed by atoms with Crippen LogP contribution in [0.1, 0.15) is 45.4 Å². The molecule has 0 saturated heterocycles. The topological polar surface area (TPSA) is 32.3 Å². The molecule has 0 unspecified atom stereocenters. The number of carbonyl (C=O) groups excluding carboxylic acids is 1. The van der Waals surface area contributed by atoms with E-state index in [2.05, 4.69) is 18.3 Å². The summed E-state index contributed by atoms with van der Waals surface area (Å²) in [7, 11) is 1.84. The van der Waals surface area contributed by atoms with Crippen LogP contribution in [0.3, 0.4) is 0 Å². The van der Waals surface area contributed by atoms with Crippen molar-refractivity contribution in [1.29, 1.82) is 0 Å². The molecule has 0 heterocycles. The molecule has 1 saturated carbocycles. The molecule has 3 nitrogen and oxygen atoms in total. The van der Waals surface area contributed by atoms with Gasteiger partial charge in [-0.25, -0.2) is 4.79 Å². The average molecular weight is 224 g/mol. The Bertz CT molecular complexity index is 232. The first-order valence-electron chi connectivity index (χ1n) is 6.42. The number of nitrogens with zero attached hydrogens (tertiary/aromatic N) is 1. The lowest BCUT2D eigenvalue weighted by Crippen LogP contribution is -2.35. The van der Waals surface area contributed by atoms with Crippen molar-refractivity contribution in [2.24, 2.45) is 5.92 Å². The predicted octanol–water partition coefficient (Wildman–Crippen LogP) is 3.13. The molecule has 0 atom stereocenters. The van der Waals surface area contributed by atoms with E-state index in [1.54, 1.807) is 4.90 Å². The van der Waals surface area contributed by atoms with Crippen LogP contribution in [0.25, 0.3) is 0 Å². The van der Waals surface area contributed by atoms with Crippen molar-refractivity contribution in [1.82, 2.24) is 10.2 Å². The summed E-state index contributed by atoms with van der Waals surface area (Å²) in [4.78, 5) is 13.3. The van der Waals surface area contributed by atoms with Gasteiger partial charge in [-0.3, -0.25) is 0 Å². The number of rotatable bonds is 5. The minimum Gasteiger partial charge on any atom is -0.328 e. The first-order chi connectivity index (χ1) is 7.74. The zero-order valence-electron chi connectivity index (χ0n) is 10.5. The molecule has 0 spiro atoms. The van der Waals surface area contributed by atoms with Crippen LogP contribution in [0.2, 0.25) is 0 Å². The monoisotopic (exact) mass is 224 g/mol. The first kappa shape index (κ1) is 13.1. The third-order valence-corrected chi connectivity index (χ3v) is 3.17. The van der Waals surface area contributed by atoms with E-state index < -0.39 is 0 Å². The molecule has 1 aliphatic rings. The average Bonchev–Trinajstić information content (AvgIpc) is 2.78. The number of nitrogens with one attached hydrogen (secondary N) is 1. The van der Waals surface area contributed by atoms with Crippen LogP contribution >= 0.6 is 0 Å². The lowest BCUT2D eigenvalue weighted by atomic mass is 10.1. The van der Waals surface area contributed by atoms with Crippen LogP contribution in [0.15, 0.2) is 12.3 Å². The fourth-order valence-electron chi connectivity index (χ4n) is 2.01. The minimum atomic E-state index is 0.00250. The Morgan fingerprint density at radius 1 is 1.44 bits per heavy atom. The number of allylic oxidation sites excluding steroid dienone is 1. The highest BCUT2D eigenvalue weighted by Gasteiger charge is 2.11. The van der Waals surface area contributed by atoms with Crippen molar-refractivity contribution in [2.75, 3.05) is 13.6 Å². The maximum absolute atomic E-state index is 11.6. The summed E-state index contributed by atoms with van der Waals surface area (Å²) < 4.78 is 0. The van der Waals surface area contributed by atoms with Gasteiger partial charge < -0.3 is 10.2 Å². The Labute approximate surface area is 98.9 Å². The van der Waals surface area contributed by atoms with Crippen LogP contribution in [-0.2, 0) is 0 Å². The van der Waals surface area contributed by atoms with E-state index >= 15 is 0 Å². The Morgan fingerprint density at radius 3 is 2.75 bits per heavy atom. The summed E-state index contributed by atoms with van der Waals surface area (Å²) in [5.74, 6) is 0.682. The number of carbonyl (C=O) groups is 1. The van der Waals surface area contributed by atoms with E-state index in [4.69, 9.17) is 0 Å². The molecule has 0 aromatic rings. The molecule has 92 valence electrons. The molecule has 3 heteroatoms. The van der Waals surface area contributed by atoms with Crippen LogP contribution in [0.4, 0.5) is 4.79 Å². The first-order valence-corrected chi connectivity index (χ1v) is 6.42. The fraction of sp³-hybridized carbons (Fsp3) is 0.769. The summed E-state index contributed by atoms with van der Waals surface area (Å²) in [5, 5.41) is 2.82. The minimum absolute atomic E-state index is 0.00250. The molecule has 16 heavy (non-hydrogen) atoms. The molecule has 1 rings (SSSR count). The van der Waals surface area contributed by atoms with Gasteiger partial charge in [0.1, 0.15) is 0 Å². The molecule has 1 N–H and O–H groups in total. The van der Waals surface area contributed by atoms with Crippen molar-refractivity contribution in [3.05, 3.63) is 12.3 Å². The SMILES string of the molecule is CCCCN(C)C(=O)N/C=C/C1CCCC1. The van der Waals surface area contributed by atoms with Gasteiger partial charge in [-0.15, -0.1) is 0 Å². The van der Waals surface area contributed by atoms with Gasteiger partial charge in [0.25, 0.3) is 0 Å². The molecular formula is C13H24N2O. The van der Waals surface area contributed by atoms with Crippen LogP contribution < -0.4 is 5.32 Å². The van der Waals surface area contributed by atoms with Crippen LogP contribution in [-0.4, -0.2) is 24.5 Å². The van der Waals surface area contributed by atoms with Gasteiger partial charge in [0.05, 0.1) is 0 Å². The van der Waals surface area contributed by atoms with Crippen molar-refractivity contribution < 1.29 is 4.79 Å². The summed E-state index contributed by atoms with van der Waals surface area (Å²) in [5.41, 5.74) is 0. The maximum Gasteiger partial charge on any atom is 0.321 e. The molecule has 0 bridgehead atoms. The summed E-state index contributed by atoms with van der Waals surface area (Å²) in [6.07, 6.45) is 11.4. The van der Waals surface area contributed by atoms with Gasteiger partial charge in [-0.1, -0.05) is 32.3 Å². The van der Waals surface area contributed by atoms with Gasteiger partial charge in [0, 0.05) is 19.8 Å². The standard InChI is InChI=1S/C13H24N2O/c1-3-4-11-15(2)13(16)14-10-9-12-7-5-6-8-12/h9-10,12H,3-8,11H2,1-2H3,(H,14,16)/b10-9+. The Hall–Kier alpha value is -0.990. The number of unbranched alkanes of at least 4 members (excludes halogenated alkanes) is 1. The second-order valence-corrected chi connectivity index (χ2v) is 4.63. The maximum atomic E-state index is 11.6. The van der Waals surface area contributed by atoms with Crippen molar-refractivity contribution in [3.63, 3.8) is 0 Å². The van der Waals surface area contributed by atoms with E-state index in [1.165, 1.54) is 25.7 Å². The third-order valence-electron chi connectivity index (χ3n) is 3.17. The number of urea groups is 1. The summed E-state index contributed by atoms with van der Waals surface area (Å²) >= 11 is 0. The van der Waals surface area contributed by atoms with Gasteiger partial charge >= 0.3 is 6.03 Å². The van der Waals surface area contributed by atoms with Crippen molar-refractivity contribution >= 4 is 6.03 Å². The summed E-state index contributed by atoms with van der Waals surface area (Å²) in [6, 6.07) is 0.00250. The number of hydrogen-bond acceptors (Lipinski definition) is 1. The lowest BCUT2D eigenvalue weighted by molar-refractivity contribution is 0.212. The Balaban J connectivity index is 2.17. The normalized spacial score (nSPS) is 16.9. The molecule has 0 aromatic carbocycles. The van der Waals surface area contributed by atoms with E-state index in [-0.39, 0.29) is 6.03 Å². The van der Waals surface area contributed by atoms with Gasteiger partial charge in [-0.05, 0) is 25.2 Å². The second-order valence-electron chi connectivity index (χ2n) is 4.63. The third kappa shape index (κ3) is 4.69. The second kappa shape index (κ2) is 7.31. The van der Waals surface area contributed by atoms with Gasteiger partial charge in [0.2, 0.25) is 0 Å². The molecule has 0 aliphatic heterocycles. The van der Waals surface area contributed by atoms with E-state index in [1.807, 2.05) is 13.2 Å². The van der Waals surface area contributed by atoms with Crippen molar-refractivity contribution in [2.45, 2.75) is 45.4 Å². The molecule has 0 aromatic heterocycles. The van der Waals surface area contributed by atoms with E-state index in [0.717, 1.165) is 19.4 Å². The Kier molecular flexibility index (Phi) is 5.98. The fourth-order valence-corrected chi connectivity index (χ4v) is 2.01. The number of hydrogen-bond donors (Lipinski definition) is 1. The smallest absolute Gasteiger partial charge is 0.321 e. The lowest BCUT2D eigenvalue weighted by Gasteiger charge is -2.15. The quantitative estimate of drug-likeness (QED) is 0.764. The van der Waals surface area contributed by atoms with Crippen LogP contribution in [0, 0.1) is 5.92 Å². The zero-order valence-corrected chi connectivity index (χ0v) is 10.5. The predicted molar refractivity (Wildman–Crippen MR) is 67.2 cm³/mol. The molecular weight excluding hydrogens is 200 g/mol. The Morgan fingerprint density at radius 2 is 2.12 bits per heavy atom. The zero-order chi connectivity index (χ0) is 11.8. The number of amides is 2. The highest BCUT2D eigenvalue weighted by molar-refractivity contribution is 5.74. The van der Waals surface area contributed by atoms with Crippen LogP contribution in [0.5, 0.6) is 0 Å². The van der Waals surface area contributed by atoms with Crippen molar-refractivity contribution in [3.8, 4) is 0 Å².